The summed E-state index contributed by atoms with van der Waals surface area (Å²) in [6, 6.07) is 7.88. The lowest BCUT2D eigenvalue weighted by atomic mass is 10.1. The predicted molar refractivity (Wildman–Crippen MR) is 99.8 cm³/mol. The van der Waals surface area contributed by atoms with Crippen molar-refractivity contribution < 1.29 is 9.53 Å². The third kappa shape index (κ3) is 6.06. The maximum absolute atomic E-state index is 11.9. The molecule has 7 nitrogen and oxygen atoms in total. The molecule has 0 saturated carbocycles. The number of benzene rings is 1. The molecule has 0 aliphatic rings. The molecule has 0 atom stereocenters. The minimum atomic E-state index is -0.0607. The molecule has 0 saturated heterocycles. The number of carbonyl (C=O) groups excluding carboxylic acids is 1. The number of aryl methyl sites for hydroxylation is 1. The molecule has 1 aromatic heterocycles. The Labute approximate surface area is 152 Å². The number of amides is 1. The molecule has 1 amide bonds. The SMILES string of the molecule is Cc1ccc(-c2nnc(SCC(=O)NCCCOC(C)C)n2N)cc1. The molecular formula is C17H25N5O2S. The highest BCUT2D eigenvalue weighted by atomic mass is 32.2. The molecule has 8 heteroatoms. The lowest BCUT2D eigenvalue weighted by molar-refractivity contribution is -0.118. The van der Waals surface area contributed by atoms with Crippen LogP contribution in [0.1, 0.15) is 25.8 Å². The molecule has 0 aliphatic carbocycles. The third-order valence-corrected chi connectivity index (χ3v) is 4.34. The molecule has 3 N–H and O–H groups in total. The highest BCUT2D eigenvalue weighted by molar-refractivity contribution is 7.99. The molecule has 2 aromatic rings. The average molecular weight is 363 g/mol. The molecule has 0 spiro atoms. The zero-order valence-corrected chi connectivity index (χ0v) is 15.7. The van der Waals surface area contributed by atoms with E-state index in [-0.39, 0.29) is 17.8 Å². The quantitative estimate of drug-likeness (QED) is 0.402. The number of ether oxygens (including phenoxy) is 1. The lowest BCUT2D eigenvalue weighted by Gasteiger charge is -2.08. The first-order chi connectivity index (χ1) is 12.0. The predicted octanol–water partition coefficient (Wildman–Crippen LogP) is 1.99. The first-order valence-corrected chi connectivity index (χ1v) is 9.24. The van der Waals surface area contributed by atoms with E-state index in [0.717, 1.165) is 17.5 Å². The van der Waals surface area contributed by atoms with Crippen molar-refractivity contribution >= 4 is 17.7 Å². The summed E-state index contributed by atoms with van der Waals surface area (Å²) in [6.07, 6.45) is 1.00. The van der Waals surface area contributed by atoms with E-state index < -0.39 is 0 Å². The van der Waals surface area contributed by atoms with Gasteiger partial charge in [-0.25, -0.2) is 4.68 Å². The Balaban J connectivity index is 1.79. The first kappa shape index (κ1) is 19.3. The van der Waals surface area contributed by atoms with E-state index in [1.165, 1.54) is 16.4 Å². The van der Waals surface area contributed by atoms with Crippen molar-refractivity contribution in [1.82, 2.24) is 20.2 Å². The Morgan fingerprint density at radius 1 is 1.32 bits per heavy atom. The van der Waals surface area contributed by atoms with Crippen LogP contribution in [-0.2, 0) is 9.53 Å². The second-order valence-electron chi connectivity index (χ2n) is 5.95. The second kappa shape index (κ2) is 9.43. The Morgan fingerprint density at radius 3 is 2.72 bits per heavy atom. The number of nitrogens with zero attached hydrogens (tertiary/aromatic N) is 3. The van der Waals surface area contributed by atoms with Gasteiger partial charge < -0.3 is 15.9 Å². The number of rotatable bonds is 9. The Morgan fingerprint density at radius 2 is 2.04 bits per heavy atom. The van der Waals surface area contributed by atoms with Gasteiger partial charge >= 0.3 is 0 Å². The fraction of sp³-hybridized carbons (Fsp3) is 0.471. The van der Waals surface area contributed by atoms with Gasteiger partial charge in [0.25, 0.3) is 0 Å². The summed E-state index contributed by atoms with van der Waals surface area (Å²) >= 11 is 1.26. The zero-order chi connectivity index (χ0) is 18.2. The molecule has 25 heavy (non-hydrogen) atoms. The zero-order valence-electron chi connectivity index (χ0n) is 14.9. The maximum Gasteiger partial charge on any atom is 0.230 e. The normalized spacial score (nSPS) is 11.0. The van der Waals surface area contributed by atoms with Crippen LogP contribution < -0.4 is 11.2 Å². The van der Waals surface area contributed by atoms with Crippen molar-refractivity contribution in [3.05, 3.63) is 29.8 Å². The molecule has 0 bridgehead atoms. The van der Waals surface area contributed by atoms with E-state index in [1.54, 1.807) is 0 Å². The van der Waals surface area contributed by atoms with Gasteiger partial charge in [0.15, 0.2) is 5.82 Å². The van der Waals surface area contributed by atoms with Crippen molar-refractivity contribution in [2.24, 2.45) is 0 Å². The molecule has 0 fully saturated rings. The molecule has 1 heterocycles. The lowest BCUT2D eigenvalue weighted by Crippen LogP contribution is -2.27. The van der Waals surface area contributed by atoms with E-state index in [1.807, 2.05) is 45.0 Å². The van der Waals surface area contributed by atoms with Crippen LogP contribution in [0, 0.1) is 6.92 Å². The fourth-order valence-corrected chi connectivity index (χ4v) is 2.76. The van der Waals surface area contributed by atoms with Crippen LogP contribution in [0.25, 0.3) is 11.4 Å². The van der Waals surface area contributed by atoms with E-state index in [9.17, 15) is 4.79 Å². The Hall–Kier alpha value is -2.06. The molecular weight excluding hydrogens is 338 g/mol. The largest absolute Gasteiger partial charge is 0.379 e. The van der Waals surface area contributed by atoms with Gasteiger partial charge in [-0.05, 0) is 27.2 Å². The monoisotopic (exact) mass is 363 g/mol. The van der Waals surface area contributed by atoms with Crippen LogP contribution in [0.4, 0.5) is 0 Å². The molecule has 136 valence electrons. The van der Waals surface area contributed by atoms with E-state index >= 15 is 0 Å². The minimum absolute atomic E-state index is 0.0607. The van der Waals surface area contributed by atoms with Crippen LogP contribution in [0.5, 0.6) is 0 Å². The number of thioether (sulfide) groups is 1. The third-order valence-electron chi connectivity index (χ3n) is 3.40. The van der Waals surface area contributed by atoms with Crippen LogP contribution in [-0.4, -0.2) is 45.8 Å². The molecule has 0 radical (unpaired) electrons. The fourth-order valence-electron chi connectivity index (χ4n) is 2.08. The van der Waals surface area contributed by atoms with Crippen LogP contribution in [0.15, 0.2) is 29.4 Å². The van der Waals surface area contributed by atoms with Crippen molar-refractivity contribution in [2.45, 2.75) is 38.5 Å². The van der Waals surface area contributed by atoms with Crippen molar-refractivity contribution in [3.63, 3.8) is 0 Å². The van der Waals surface area contributed by atoms with Crippen molar-refractivity contribution in [3.8, 4) is 11.4 Å². The topological polar surface area (TPSA) is 95.1 Å². The smallest absolute Gasteiger partial charge is 0.230 e. The number of nitrogen functional groups attached to an aromatic ring is 1. The van der Waals surface area contributed by atoms with E-state index in [2.05, 4.69) is 15.5 Å². The molecule has 1 aromatic carbocycles. The summed E-state index contributed by atoms with van der Waals surface area (Å²) in [5.74, 6) is 6.81. The van der Waals surface area contributed by atoms with Crippen molar-refractivity contribution in [1.29, 1.82) is 0 Å². The maximum atomic E-state index is 11.9. The number of hydrogen-bond acceptors (Lipinski definition) is 6. The highest BCUT2D eigenvalue weighted by Crippen LogP contribution is 2.21. The van der Waals surface area contributed by atoms with Gasteiger partial charge in [-0.2, -0.15) is 0 Å². The first-order valence-electron chi connectivity index (χ1n) is 8.26. The summed E-state index contributed by atoms with van der Waals surface area (Å²) in [7, 11) is 0. The number of carbonyl (C=O) groups is 1. The summed E-state index contributed by atoms with van der Waals surface area (Å²) in [6.45, 7) is 7.23. The summed E-state index contributed by atoms with van der Waals surface area (Å²) in [5.41, 5.74) is 2.05. The van der Waals surface area contributed by atoms with Gasteiger partial charge in [-0.1, -0.05) is 41.6 Å². The Kier molecular flexibility index (Phi) is 7.27. The Bertz CT molecular complexity index is 685. The van der Waals surface area contributed by atoms with Crippen molar-refractivity contribution in [2.75, 3.05) is 24.7 Å². The highest BCUT2D eigenvalue weighted by Gasteiger charge is 2.13. The van der Waals surface area contributed by atoms with Gasteiger partial charge in [-0.15, -0.1) is 10.2 Å². The van der Waals surface area contributed by atoms with Crippen LogP contribution >= 0.6 is 11.8 Å². The summed E-state index contributed by atoms with van der Waals surface area (Å²) in [4.78, 5) is 11.9. The molecule has 2 rings (SSSR count). The summed E-state index contributed by atoms with van der Waals surface area (Å²) in [5, 5.41) is 11.5. The molecule has 0 aliphatic heterocycles. The van der Waals surface area contributed by atoms with Crippen LogP contribution in [0.2, 0.25) is 0 Å². The van der Waals surface area contributed by atoms with Crippen LogP contribution in [0.3, 0.4) is 0 Å². The van der Waals surface area contributed by atoms with E-state index in [4.69, 9.17) is 10.6 Å². The van der Waals surface area contributed by atoms with Gasteiger partial charge in [0.1, 0.15) is 0 Å². The van der Waals surface area contributed by atoms with Gasteiger partial charge in [0.2, 0.25) is 11.1 Å². The number of hydrogen-bond donors (Lipinski definition) is 2. The van der Waals surface area contributed by atoms with E-state index in [0.29, 0.717) is 24.1 Å². The number of aromatic nitrogens is 3. The van der Waals surface area contributed by atoms with Gasteiger partial charge in [0, 0.05) is 18.7 Å². The number of nitrogens with two attached hydrogens (primary N) is 1. The van der Waals surface area contributed by atoms with Gasteiger partial charge in [-0.3, -0.25) is 4.79 Å². The summed E-state index contributed by atoms with van der Waals surface area (Å²) < 4.78 is 6.84. The molecule has 0 unspecified atom stereocenters. The second-order valence-corrected chi connectivity index (χ2v) is 6.90. The standard InChI is InChI=1S/C17H25N5O2S/c1-12(2)24-10-4-9-19-15(23)11-25-17-21-20-16(22(17)18)14-7-5-13(3)6-8-14/h5-8,12H,4,9-11,18H2,1-3H3,(H,19,23). The minimum Gasteiger partial charge on any atom is -0.379 e. The van der Waals surface area contributed by atoms with Gasteiger partial charge in [0.05, 0.1) is 11.9 Å². The average Bonchev–Trinajstić information content (AvgIpc) is 2.94. The number of nitrogens with one attached hydrogen (secondary N) is 1.